The molecule has 7 nitrogen and oxygen atoms in total. The van der Waals surface area contributed by atoms with Crippen LogP contribution in [-0.2, 0) is 27.3 Å². The van der Waals surface area contributed by atoms with E-state index in [1.54, 1.807) is 11.4 Å². The van der Waals surface area contributed by atoms with E-state index in [1.165, 1.54) is 18.4 Å². The van der Waals surface area contributed by atoms with Crippen molar-refractivity contribution in [2.24, 2.45) is 5.73 Å². The van der Waals surface area contributed by atoms with Crippen LogP contribution >= 0.6 is 11.3 Å². The van der Waals surface area contributed by atoms with Gasteiger partial charge in [0, 0.05) is 12.0 Å². The molecule has 1 aromatic heterocycles. The van der Waals surface area contributed by atoms with Crippen LogP contribution in [0.5, 0.6) is 0 Å². The van der Waals surface area contributed by atoms with E-state index >= 15 is 0 Å². The number of carbonyl (C=O) groups is 3. The van der Waals surface area contributed by atoms with Gasteiger partial charge in [-0.2, -0.15) is 0 Å². The Bertz CT molecular complexity index is 848. The average molecular weight is 374 g/mol. The van der Waals surface area contributed by atoms with Crippen molar-refractivity contribution in [1.82, 2.24) is 0 Å². The smallest absolute Gasteiger partial charge is 0.365 e. The molecule has 2 heterocycles. The van der Waals surface area contributed by atoms with Crippen LogP contribution in [0.3, 0.4) is 0 Å². The summed E-state index contributed by atoms with van der Waals surface area (Å²) >= 11 is 1.23. The van der Waals surface area contributed by atoms with Crippen LogP contribution in [0, 0.1) is 0 Å². The summed E-state index contributed by atoms with van der Waals surface area (Å²) in [4.78, 5) is 36.9. The largest absolute Gasteiger partial charge is 0.465 e. The lowest BCUT2D eigenvalue weighted by atomic mass is 9.94. The number of nitrogens with two attached hydrogens (primary N) is 1. The van der Waals surface area contributed by atoms with Crippen LogP contribution in [0.1, 0.15) is 21.5 Å². The molecule has 2 amide bonds. The number of primary amides is 1. The summed E-state index contributed by atoms with van der Waals surface area (Å²) in [6, 6.07) is 9.01. The Balaban J connectivity index is 1.75. The molecule has 0 radical (unpaired) electrons. The number of anilines is 1. The molecule has 4 N–H and O–H groups in total. The van der Waals surface area contributed by atoms with E-state index in [1.807, 2.05) is 24.3 Å². The second kappa shape index (κ2) is 7.67. The van der Waals surface area contributed by atoms with Gasteiger partial charge in [0.25, 0.3) is 11.8 Å². The van der Waals surface area contributed by atoms with Gasteiger partial charge in [-0.15, -0.1) is 11.3 Å². The second-order valence-corrected chi connectivity index (χ2v) is 7.05. The molecule has 136 valence electrons. The van der Waals surface area contributed by atoms with E-state index in [4.69, 9.17) is 10.5 Å². The number of fused-ring (bicyclic) bond motifs is 1. The Kier molecular flexibility index (Phi) is 5.34. The van der Waals surface area contributed by atoms with Gasteiger partial charge in [-0.1, -0.05) is 24.3 Å². The molecule has 1 aromatic carbocycles. The lowest BCUT2D eigenvalue weighted by Gasteiger charge is -2.31. The molecule has 0 bridgehead atoms. The molecule has 0 spiro atoms. The van der Waals surface area contributed by atoms with Crippen LogP contribution in [0.4, 0.5) is 5.00 Å². The molecule has 0 saturated heterocycles. The first kappa shape index (κ1) is 18.1. The van der Waals surface area contributed by atoms with Crippen LogP contribution in [0.15, 0.2) is 35.7 Å². The number of benzene rings is 1. The summed E-state index contributed by atoms with van der Waals surface area (Å²) < 4.78 is 4.92. The van der Waals surface area contributed by atoms with Crippen molar-refractivity contribution in [2.45, 2.75) is 19.0 Å². The molecule has 1 aliphatic heterocycles. The third-order valence-corrected chi connectivity index (χ3v) is 5.34. The van der Waals surface area contributed by atoms with Gasteiger partial charge in [-0.25, -0.2) is 4.79 Å². The van der Waals surface area contributed by atoms with Crippen LogP contribution < -0.4 is 16.0 Å². The van der Waals surface area contributed by atoms with Gasteiger partial charge in [0.2, 0.25) is 0 Å². The predicted octanol–water partition coefficient (Wildman–Crippen LogP) is -0.0317. The van der Waals surface area contributed by atoms with Gasteiger partial charge in [0.15, 0.2) is 12.6 Å². The fourth-order valence-electron chi connectivity index (χ4n) is 3.22. The molecule has 1 aliphatic rings. The number of rotatable bonds is 5. The van der Waals surface area contributed by atoms with E-state index in [0.717, 1.165) is 16.0 Å². The van der Waals surface area contributed by atoms with Crippen molar-refractivity contribution in [3.8, 4) is 0 Å². The second-order valence-electron chi connectivity index (χ2n) is 6.14. The normalized spacial score (nSPS) is 18.7. The summed E-state index contributed by atoms with van der Waals surface area (Å²) in [7, 11) is 1.35. The fourth-order valence-corrected chi connectivity index (χ4v) is 4.02. The molecular formula is C18H20N3O4S+. The number of esters is 1. The zero-order valence-electron chi connectivity index (χ0n) is 14.3. The maximum atomic E-state index is 12.5. The predicted molar refractivity (Wildman–Crippen MR) is 97.0 cm³/mol. The Morgan fingerprint density at radius 2 is 2.00 bits per heavy atom. The topological polar surface area (TPSA) is 103 Å². The first-order valence-electron chi connectivity index (χ1n) is 8.16. The van der Waals surface area contributed by atoms with E-state index in [2.05, 4.69) is 5.32 Å². The highest BCUT2D eigenvalue weighted by atomic mass is 32.1. The Labute approximate surface area is 154 Å². The zero-order valence-corrected chi connectivity index (χ0v) is 15.1. The molecule has 3 rings (SSSR count). The summed E-state index contributed by atoms with van der Waals surface area (Å²) in [5.41, 5.74) is 7.80. The van der Waals surface area contributed by atoms with Gasteiger partial charge < -0.3 is 20.7 Å². The lowest BCUT2D eigenvalue weighted by molar-refractivity contribution is -0.924. The van der Waals surface area contributed by atoms with Crippen molar-refractivity contribution in [3.05, 3.63) is 52.4 Å². The molecule has 0 saturated carbocycles. The molecule has 2 aromatic rings. The highest BCUT2D eigenvalue weighted by Crippen LogP contribution is 2.22. The first-order chi connectivity index (χ1) is 12.5. The number of hydrogen-bond donors (Lipinski definition) is 3. The number of nitrogens with one attached hydrogen (secondary N) is 2. The quantitative estimate of drug-likeness (QED) is 0.640. The Hall–Kier alpha value is -2.71. The number of hydrogen-bond acceptors (Lipinski definition) is 5. The first-order valence-corrected chi connectivity index (χ1v) is 9.04. The Morgan fingerprint density at radius 1 is 1.27 bits per heavy atom. The number of quaternary nitrogens is 1. The van der Waals surface area contributed by atoms with Crippen molar-refractivity contribution in [1.29, 1.82) is 0 Å². The van der Waals surface area contributed by atoms with Gasteiger partial charge in [-0.3, -0.25) is 9.59 Å². The third kappa shape index (κ3) is 3.76. The highest BCUT2D eigenvalue weighted by Gasteiger charge is 2.37. The molecular weight excluding hydrogens is 354 g/mol. The number of amides is 2. The minimum absolute atomic E-state index is 0.0875. The number of methoxy groups -OCH3 is 1. The monoisotopic (exact) mass is 374 g/mol. The zero-order chi connectivity index (χ0) is 18.7. The van der Waals surface area contributed by atoms with E-state index in [9.17, 15) is 14.4 Å². The maximum absolute atomic E-state index is 12.5. The minimum atomic E-state index is -0.590. The van der Waals surface area contributed by atoms with Crippen molar-refractivity contribution in [3.63, 3.8) is 0 Å². The van der Waals surface area contributed by atoms with Gasteiger partial charge in [0.1, 0.15) is 11.5 Å². The summed E-state index contributed by atoms with van der Waals surface area (Å²) in [6.45, 7) is 0.640. The van der Waals surface area contributed by atoms with Crippen molar-refractivity contribution in [2.75, 3.05) is 19.0 Å². The van der Waals surface area contributed by atoms with Crippen molar-refractivity contribution < 1.29 is 24.0 Å². The molecule has 26 heavy (non-hydrogen) atoms. The van der Waals surface area contributed by atoms with Gasteiger partial charge in [0.05, 0.1) is 12.7 Å². The van der Waals surface area contributed by atoms with E-state index < -0.39 is 11.9 Å². The summed E-state index contributed by atoms with van der Waals surface area (Å²) in [6.07, 6.45) is 0.525. The molecule has 0 fully saturated rings. The molecule has 2 atom stereocenters. The van der Waals surface area contributed by atoms with Crippen molar-refractivity contribution >= 4 is 34.1 Å². The van der Waals surface area contributed by atoms with Gasteiger partial charge in [-0.05, 0) is 17.0 Å². The van der Waals surface area contributed by atoms with E-state index in [0.29, 0.717) is 18.0 Å². The summed E-state index contributed by atoms with van der Waals surface area (Å²) in [5.74, 6) is -1.21. The number of ether oxygens (including phenoxy) is 1. The standard InChI is InChI=1S/C18H19N3O4S/c1-25-18(24)14-8-11-4-2-3-5-12(11)9-21(14)10-15(22)20-17-13(16(19)23)6-7-26-17/h2-7,14H,8-10H2,1H3,(H2,19,23)(H,20,22)/p+1/t14-/m0/s1. The van der Waals surface area contributed by atoms with Gasteiger partial charge >= 0.3 is 5.97 Å². The Morgan fingerprint density at radius 3 is 2.69 bits per heavy atom. The highest BCUT2D eigenvalue weighted by molar-refractivity contribution is 7.14. The van der Waals surface area contributed by atoms with Crippen LogP contribution in [0.2, 0.25) is 0 Å². The SMILES string of the molecule is COC(=O)[C@@H]1Cc2ccccc2C[NH+]1CC(=O)Nc1sccc1C(N)=O. The minimum Gasteiger partial charge on any atom is -0.465 e. The maximum Gasteiger partial charge on any atom is 0.365 e. The van der Waals surface area contributed by atoms with Crippen LogP contribution in [0.25, 0.3) is 0 Å². The average Bonchev–Trinajstić information content (AvgIpc) is 3.08. The van der Waals surface area contributed by atoms with Crippen LogP contribution in [-0.4, -0.2) is 37.5 Å². The third-order valence-electron chi connectivity index (χ3n) is 4.51. The number of thiophene rings is 1. The lowest BCUT2D eigenvalue weighted by Crippen LogP contribution is -3.17. The number of carbonyl (C=O) groups excluding carboxylic acids is 3. The van der Waals surface area contributed by atoms with E-state index in [-0.39, 0.29) is 24.0 Å². The molecule has 1 unspecified atom stereocenters. The molecule has 8 heteroatoms. The molecule has 0 aliphatic carbocycles. The fraction of sp³-hybridized carbons (Fsp3) is 0.278. The summed E-state index contributed by atoms with van der Waals surface area (Å²) in [5, 5.41) is 4.84.